The highest BCUT2D eigenvalue weighted by atomic mass is 35.5. The molecule has 0 saturated carbocycles. The highest BCUT2D eigenvalue weighted by molar-refractivity contribution is 7.84. The lowest BCUT2D eigenvalue weighted by Crippen LogP contribution is -2.27. The molecule has 1 atom stereocenters. The molecule has 16 heavy (non-hydrogen) atoms. The smallest absolute Gasteiger partial charge is 0.252 e. The second-order valence-corrected chi connectivity index (χ2v) is 5.37. The van der Waals surface area contributed by atoms with Crippen LogP contribution in [0.1, 0.15) is 10.4 Å². The van der Waals surface area contributed by atoms with Crippen LogP contribution in [0.3, 0.4) is 0 Å². The summed E-state index contributed by atoms with van der Waals surface area (Å²) in [5, 5.41) is 3.03. The molecule has 1 N–H and O–H groups in total. The van der Waals surface area contributed by atoms with Crippen molar-refractivity contribution in [3.05, 3.63) is 28.0 Å². The van der Waals surface area contributed by atoms with Gasteiger partial charge in [0, 0.05) is 35.5 Å². The quantitative estimate of drug-likeness (QED) is 0.851. The summed E-state index contributed by atoms with van der Waals surface area (Å²) in [6.45, 7) is 0.332. The lowest BCUT2D eigenvalue weighted by atomic mass is 10.2. The first kappa shape index (κ1) is 13.4. The summed E-state index contributed by atoms with van der Waals surface area (Å²) in [7, 11) is -0.934. The van der Waals surface area contributed by atoms with Crippen LogP contribution in [0.4, 0.5) is 0 Å². The second-order valence-electron chi connectivity index (χ2n) is 3.02. The number of hydrogen-bond donors (Lipinski definition) is 1. The van der Waals surface area contributed by atoms with Gasteiger partial charge in [-0.25, -0.2) is 4.98 Å². The van der Waals surface area contributed by atoms with Crippen LogP contribution in [0.15, 0.2) is 12.3 Å². The number of amides is 1. The van der Waals surface area contributed by atoms with Crippen molar-refractivity contribution in [2.75, 3.05) is 18.6 Å². The van der Waals surface area contributed by atoms with Crippen LogP contribution in [0, 0.1) is 0 Å². The van der Waals surface area contributed by atoms with E-state index in [9.17, 15) is 9.00 Å². The van der Waals surface area contributed by atoms with Crippen molar-refractivity contribution >= 4 is 39.9 Å². The predicted octanol–water partition coefficient (Wildman–Crippen LogP) is 1.50. The number of aromatic nitrogens is 1. The summed E-state index contributed by atoms with van der Waals surface area (Å²) in [6, 6.07) is 1.39. The monoisotopic (exact) mass is 280 g/mol. The van der Waals surface area contributed by atoms with E-state index < -0.39 is 10.8 Å². The third kappa shape index (κ3) is 4.08. The topological polar surface area (TPSA) is 59.1 Å². The zero-order valence-electron chi connectivity index (χ0n) is 8.50. The van der Waals surface area contributed by atoms with E-state index in [1.165, 1.54) is 12.3 Å². The summed E-state index contributed by atoms with van der Waals surface area (Å²) < 4.78 is 10.8. The summed E-state index contributed by atoms with van der Waals surface area (Å²) in [4.78, 5) is 15.4. The molecule has 4 nitrogen and oxygen atoms in total. The van der Waals surface area contributed by atoms with E-state index in [2.05, 4.69) is 10.3 Å². The van der Waals surface area contributed by atoms with Crippen molar-refractivity contribution in [1.29, 1.82) is 0 Å². The molecular formula is C9H10Cl2N2O2S. The molecule has 1 amide bonds. The largest absolute Gasteiger partial charge is 0.351 e. The molecule has 0 aliphatic rings. The molecule has 0 spiro atoms. The van der Waals surface area contributed by atoms with Gasteiger partial charge in [0.2, 0.25) is 0 Å². The summed E-state index contributed by atoms with van der Waals surface area (Å²) in [5.74, 6) is 0.0575. The fourth-order valence-electron chi connectivity index (χ4n) is 0.991. The Kier molecular flexibility index (Phi) is 5.18. The Balaban J connectivity index is 2.65. The van der Waals surface area contributed by atoms with Crippen LogP contribution in [0.2, 0.25) is 10.2 Å². The van der Waals surface area contributed by atoms with E-state index in [0.29, 0.717) is 12.3 Å². The minimum absolute atomic E-state index is 0.202. The average Bonchev–Trinajstić information content (AvgIpc) is 2.21. The average molecular weight is 281 g/mol. The van der Waals surface area contributed by atoms with Crippen LogP contribution in [-0.2, 0) is 10.8 Å². The van der Waals surface area contributed by atoms with Gasteiger partial charge in [0.05, 0.1) is 10.6 Å². The summed E-state index contributed by atoms with van der Waals surface area (Å²) >= 11 is 11.4. The molecule has 0 radical (unpaired) electrons. The highest BCUT2D eigenvalue weighted by Gasteiger charge is 2.11. The van der Waals surface area contributed by atoms with Crippen molar-refractivity contribution in [3.63, 3.8) is 0 Å². The van der Waals surface area contributed by atoms with Gasteiger partial charge in [-0.2, -0.15) is 0 Å². The molecule has 1 aromatic rings. The Morgan fingerprint density at radius 3 is 2.88 bits per heavy atom. The van der Waals surface area contributed by atoms with Crippen molar-refractivity contribution in [3.8, 4) is 0 Å². The Morgan fingerprint density at radius 2 is 2.25 bits per heavy atom. The van der Waals surface area contributed by atoms with Crippen molar-refractivity contribution in [2.24, 2.45) is 0 Å². The van der Waals surface area contributed by atoms with E-state index in [4.69, 9.17) is 23.2 Å². The van der Waals surface area contributed by atoms with Gasteiger partial charge in [-0.1, -0.05) is 23.2 Å². The van der Waals surface area contributed by atoms with Crippen LogP contribution >= 0.6 is 23.2 Å². The van der Waals surface area contributed by atoms with Gasteiger partial charge in [0.1, 0.15) is 5.15 Å². The van der Waals surface area contributed by atoms with Gasteiger partial charge >= 0.3 is 0 Å². The van der Waals surface area contributed by atoms with E-state index >= 15 is 0 Å². The summed E-state index contributed by atoms with van der Waals surface area (Å²) in [5.41, 5.74) is 0.267. The third-order valence-electron chi connectivity index (χ3n) is 1.74. The van der Waals surface area contributed by atoms with Gasteiger partial charge in [0.15, 0.2) is 0 Å². The molecule has 0 fully saturated rings. The predicted molar refractivity (Wildman–Crippen MR) is 65.5 cm³/mol. The van der Waals surface area contributed by atoms with Crippen molar-refractivity contribution < 1.29 is 9.00 Å². The number of halogens is 2. The minimum Gasteiger partial charge on any atom is -0.351 e. The lowest BCUT2D eigenvalue weighted by Gasteiger charge is -2.05. The van der Waals surface area contributed by atoms with E-state index in [1.54, 1.807) is 6.26 Å². The first-order valence-corrected chi connectivity index (χ1v) is 6.88. The Hall–Kier alpha value is -0.650. The van der Waals surface area contributed by atoms with Gasteiger partial charge in [0.25, 0.3) is 5.91 Å². The van der Waals surface area contributed by atoms with Crippen LogP contribution in [0.5, 0.6) is 0 Å². The van der Waals surface area contributed by atoms with Crippen LogP contribution < -0.4 is 5.32 Å². The number of carbonyl (C=O) groups is 1. The fourth-order valence-corrected chi connectivity index (χ4v) is 1.73. The lowest BCUT2D eigenvalue weighted by molar-refractivity contribution is 0.0956. The Labute approximate surface area is 106 Å². The van der Waals surface area contributed by atoms with Gasteiger partial charge in [-0.05, 0) is 6.07 Å². The molecule has 7 heteroatoms. The number of nitrogens with one attached hydrogen (secondary N) is 1. The zero-order chi connectivity index (χ0) is 12.1. The first-order valence-electron chi connectivity index (χ1n) is 4.40. The van der Waals surface area contributed by atoms with E-state index in [-0.39, 0.29) is 21.6 Å². The van der Waals surface area contributed by atoms with Crippen molar-refractivity contribution in [2.45, 2.75) is 0 Å². The number of carbonyl (C=O) groups excluding carboxylic acids is 1. The molecule has 0 aromatic carbocycles. The van der Waals surface area contributed by atoms with Gasteiger partial charge in [-0.3, -0.25) is 9.00 Å². The normalized spacial score (nSPS) is 12.2. The van der Waals surface area contributed by atoms with Gasteiger partial charge in [-0.15, -0.1) is 0 Å². The van der Waals surface area contributed by atoms with E-state index in [0.717, 1.165) is 0 Å². The Morgan fingerprint density at radius 1 is 1.56 bits per heavy atom. The fraction of sp³-hybridized carbons (Fsp3) is 0.333. The molecule has 0 aliphatic carbocycles. The molecule has 88 valence electrons. The molecule has 1 aromatic heterocycles. The molecule has 0 saturated heterocycles. The molecule has 1 heterocycles. The molecule has 1 unspecified atom stereocenters. The number of hydrogen-bond acceptors (Lipinski definition) is 3. The maximum atomic E-state index is 11.6. The molecule has 0 aliphatic heterocycles. The number of nitrogens with zero attached hydrogens (tertiary/aromatic N) is 1. The van der Waals surface area contributed by atoms with E-state index in [1.807, 2.05) is 0 Å². The molecule has 0 bridgehead atoms. The van der Waals surface area contributed by atoms with Crippen LogP contribution in [-0.4, -0.2) is 33.7 Å². The third-order valence-corrected chi connectivity index (χ3v) is 3.03. The standard InChI is InChI=1S/C9H10Cl2N2O2S/c1-16(15)3-2-12-9(14)6-4-8(11)13-5-7(6)10/h4-5H,2-3H2,1H3,(H,12,14). The minimum atomic E-state index is -0.934. The SMILES string of the molecule is CS(=O)CCNC(=O)c1cc(Cl)ncc1Cl. The number of pyridine rings is 1. The maximum absolute atomic E-state index is 11.6. The molecule has 1 rings (SSSR count). The Bertz CT molecular complexity index is 426. The summed E-state index contributed by atoms with van der Waals surface area (Å²) in [6.07, 6.45) is 2.89. The molecular weight excluding hydrogens is 271 g/mol. The maximum Gasteiger partial charge on any atom is 0.252 e. The second kappa shape index (κ2) is 6.18. The van der Waals surface area contributed by atoms with Crippen LogP contribution in [0.25, 0.3) is 0 Å². The zero-order valence-corrected chi connectivity index (χ0v) is 10.8. The van der Waals surface area contributed by atoms with Gasteiger partial charge < -0.3 is 5.32 Å². The highest BCUT2D eigenvalue weighted by Crippen LogP contribution is 2.17. The number of rotatable bonds is 4. The van der Waals surface area contributed by atoms with Crippen molar-refractivity contribution in [1.82, 2.24) is 10.3 Å². The first-order chi connectivity index (χ1) is 7.50.